The van der Waals surface area contributed by atoms with Crippen LogP contribution in [0.4, 0.5) is 0 Å². The molecule has 1 unspecified atom stereocenters. The van der Waals surface area contributed by atoms with Gasteiger partial charge in [-0.25, -0.2) is 4.79 Å². The molecule has 0 heterocycles. The lowest BCUT2D eigenvalue weighted by Gasteiger charge is -2.32. The number of ether oxygens (including phenoxy) is 2. The summed E-state index contributed by atoms with van der Waals surface area (Å²) in [5, 5.41) is 9.33. The molecule has 1 rings (SSSR count). The molecule has 0 saturated heterocycles. The summed E-state index contributed by atoms with van der Waals surface area (Å²) in [6, 6.07) is 4.23. The second-order valence-corrected chi connectivity index (χ2v) is 5.52. The highest BCUT2D eigenvalue weighted by atomic mass is 16.5. The van der Waals surface area contributed by atoms with E-state index < -0.39 is 12.0 Å². The highest BCUT2D eigenvalue weighted by Crippen LogP contribution is 2.28. The Morgan fingerprint density at radius 3 is 2.22 bits per heavy atom. The van der Waals surface area contributed by atoms with Crippen molar-refractivity contribution in [2.75, 3.05) is 14.2 Å². The minimum Gasteiger partial charge on any atom is -0.493 e. The van der Waals surface area contributed by atoms with Crippen LogP contribution in [0.15, 0.2) is 18.2 Å². The van der Waals surface area contributed by atoms with Gasteiger partial charge in [-0.3, -0.25) is 4.79 Å². The summed E-state index contributed by atoms with van der Waals surface area (Å²) in [7, 11) is 3.07. The maximum atomic E-state index is 12.6. The smallest absolute Gasteiger partial charge is 0.326 e. The lowest BCUT2D eigenvalue weighted by atomic mass is 10.1. The molecule has 0 radical (unpaired) electrons. The number of aliphatic carboxylic acids is 1. The maximum Gasteiger partial charge on any atom is 0.326 e. The molecule has 128 valence electrons. The highest BCUT2D eigenvalue weighted by molar-refractivity contribution is 5.85. The molecule has 0 bridgehead atoms. The molecule has 6 nitrogen and oxygen atoms in total. The Labute approximate surface area is 137 Å². The van der Waals surface area contributed by atoms with Crippen LogP contribution in [0.25, 0.3) is 0 Å². The Morgan fingerprint density at radius 1 is 1.17 bits per heavy atom. The fraction of sp³-hybridized carbons (Fsp3) is 0.529. The normalized spacial score (nSPS) is 11.9. The molecule has 0 aliphatic carbocycles. The van der Waals surface area contributed by atoms with Crippen molar-refractivity contribution in [1.82, 2.24) is 4.90 Å². The number of nitrogens with zero attached hydrogens (tertiary/aromatic N) is 1. The van der Waals surface area contributed by atoms with Crippen LogP contribution in [-0.4, -0.2) is 48.2 Å². The van der Waals surface area contributed by atoms with Crippen molar-refractivity contribution in [3.8, 4) is 11.5 Å². The first-order valence-corrected chi connectivity index (χ1v) is 7.60. The molecule has 23 heavy (non-hydrogen) atoms. The molecule has 0 aromatic heterocycles. The number of rotatable bonds is 8. The van der Waals surface area contributed by atoms with Gasteiger partial charge in [0.15, 0.2) is 11.5 Å². The van der Waals surface area contributed by atoms with E-state index in [9.17, 15) is 14.7 Å². The molecule has 0 aliphatic heterocycles. The number of carbonyl (C=O) groups is 2. The minimum absolute atomic E-state index is 0.113. The summed E-state index contributed by atoms with van der Waals surface area (Å²) in [5.74, 6) is -0.0797. The summed E-state index contributed by atoms with van der Waals surface area (Å²) in [4.78, 5) is 25.4. The van der Waals surface area contributed by atoms with Gasteiger partial charge in [-0.05, 0) is 38.0 Å². The van der Waals surface area contributed by atoms with Crippen LogP contribution >= 0.6 is 0 Å². The minimum atomic E-state index is -0.984. The SMILES string of the molecule is CCC(C(=O)O)N(C(=O)Cc1ccc(OC)c(OC)c1)C(C)C. The number of carboxylic acid groups (broad SMARTS) is 1. The molecule has 1 aromatic carbocycles. The molecule has 0 aliphatic rings. The number of carbonyl (C=O) groups excluding carboxylic acids is 1. The van der Waals surface area contributed by atoms with E-state index in [0.717, 1.165) is 5.56 Å². The van der Waals surface area contributed by atoms with Gasteiger partial charge in [0.2, 0.25) is 5.91 Å². The van der Waals surface area contributed by atoms with Crippen molar-refractivity contribution in [3.05, 3.63) is 23.8 Å². The van der Waals surface area contributed by atoms with Crippen molar-refractivity contribution in [3.63, 3.8) is 0 Å². The Balaban J connectivity index is 3.01. The Hall–Kier alpha value is -2.24. The van der Waals surface area contributed by atoms with Gasteiger partial charge in [0.1, 0.15) is 6.04 Å². The van der Waals surface area contributed by atoms with E-state index >= 15 is 0 Å². The zero-order valence-corrected chi connectivity index (χ0v) is 14.3. The topological polar surface area (TPSA) is 76.1 Å². The lowest BCUT2D eigenvalue weighted by molar-refractivity contribution is -0.151. The predicted octanol–water partition coefficient (Wildman–Crippen LogP) is 2.35. The first kappa shape index (κ1) is 18.8. The number of hydrogen-bond acceptors (Lipinski definition) is 4. The van der Waals surface area contributed by atoms with E-state index in [1.165, 1.54) is 12.0 Å². The van der Waals surface area contributed by atoms with Gasteiger partial charge < -0.3 is 19.5 Å². The molecule has 0 saturated carbocycles. The van der Waals surface area contributed by atoms with Gasteiger partial charge >= 0.3 is 5.97 Å². The van der Waals surface area contributed by atoms with E-state index in [1.807, 2.05) is 13.8 Å². The number of methoxy groups -OCH3 is 2. The Morgan fingerprint density at radius 2 is 1.78 bits per heavy atom. The molecule has 0 spiro atoms. The lowest BCUT2D eigenvalue weighted by Crippen LogP contribution is -2.49. The average molecular weight is 323 g/mol. The van der Waals surface area contributed by atoms with Crippen molar-refractivity contribution in [1.29, 1.82) is 0 Å². The van der Waals surface area contributed by atoms with E-state index in [0.29, 0.717) is 17.9 Å². The molecular weight excluding hydrogens is 298 g/mol. The molecule has 6 heteroatoms. The summed E-state index contributed by atoms with van der Waals surface area (Å²) < 4.78 is 10.4. The zero-order chi connectivity index (χ0) is 17.6. The third kappa shape index (κ3) is 4.61. The van der Waals surface area contributed by atoms with Crippen molar-refractivity contribution >= 4 is 11.9 Å². The fourth-order valence-corrected chi connectivity index (χ4v) is 2.57. The molecular formula is C17H25NO5. The van der Waals surface area contributed by atoms with Gasteiger partial charge in [0, 0.05) is 6.04 Å². The Kier molecular flexibility index (Phi) is 6.88. The molecule has 1 amide bonds. The van der Waals surface area contributed by atoms with E-state index in [2.05, 4.69) is 0 Å². The van der Waals surface area contributed by atoms with Gasteiger partial charge in [-0.15, -0.1) is 0 Å². The number of benzene rings is 1. The van der Waals surface area contributed by atoms with Crippen LogP contribution < -0.4 is 9.47 Å². The summed E-state index contributed by atoms with van der Waals surface area (Å²) in [5.41, 5.74) is 0.749. The third-order valence-corrected chi connectivity index (χ3v) is 3.66. The number of carboxylic acids is 1. The van der Waals surface area contributed by atoms with Gasteiger partial charge in [0.05, 0.1) is 20.6 Å². The van der Waals surface area contributed by atoms with Crippen LogP contribution in [0.3, 0.4) is 0 Å². The van der Waals surface area contributed by atoms with Crippen LogP contribution in [-0.2, 0) is 16.0 Å². The van der Waals surface area contributed by atoms with Gasteiger partial charge in [0.25, 0.3) is 0 Å². The van der Waals surface area contributed by atoms with Crippen LogP contribution in [0, 0.1) is 0 Å². The standard InChI is InChI=1S/C17H25NO5/c1-6-13(17(20)21)18(11(2)3)16(19)10-12-7-8-14(22-4)15(9-12)23-5/h7-9,11,13H,6,10H2,1-5H3,(H,20,21). The predicted molar refractivity (Wildman–Crippen MR) is 86.9 cm³/mol. The van der Waals surface area contributed by atoms with Crippen molar-refractivity contribution < 1.29 is 24.2 Å². The van der Waals surface area contributed by atoms with Crippen LogP contribution in [0.1, 0.15) is 32.8 Å². The number of amides is 1. The van der Waals surface area contributed by atoms with E-state index in [4.69, 9.17) is 9.47 Å². The fourth-order valence-electron chi connectivity index (χ4n) is 2.57. The maximum absolute atomic E-state index is 12.6. The first-order chi connectivity index (χ1) is 10.8. The average Bonchev–Trinajstić information content (AvgIpc) is 2.51. The van der Waals surface area contributed by atoms with Crippen LogP contribution in [0.5, 0.6) is 11.5 Å². The van der Waals surface area contributed by atoms with Gasteiger partial charge in [-0.1, -0.05) is 13.0 Å². The molecule has 1 atom stereocenters. The van der Waals surface area contributed by atoms with Crippen molar-refractivity contribution in [2.45, 2.75) is 45.7 Å². The van der Waals surface area contributed by atoms with E-state index in [-0.39, 0.29) is 18.4 Å². The van der Waals surface area contributed by atoms with Gasteiger partial charge in [-0.2, -0.15) is 0 Å². The third-order valence-electron chi connectivity index (χ3n) is 3.66. The summed E-state index contributed by atoms with van der Waals surface area (Å²) >= 11 is 0. The van der Waals surface area contributed by atoms with Crippen LogP contribution in [0.2, 0.25) is 0 Å². The van der Waals surface area contributed by atoms with Crippen molar-refractivity contribution in [2.24, 2.45) is 0 Å². The Bertz CT molecular complexity index is 556. The molecule has 1 N–H and O–H groups in total. The van der Waals surface area contributed by atoms with E-state index in [1.54, 1.807) is 32.2 Å². The quantitative estimate of drug-likeness (QED) is 0.795. The summed E-state index contributed by atoms with van der Waals surface area (Å²) in [6.45, 7) is 5.40. The molecule has 0 fully saturated rings. The highest BCUT2D eigenvalue weighted by Gasteiger charge is 2.30. The zero-order valence-electron chi connectivity index (χ0n) is 14.3. The monoisotopic (exact) mass is 323 g/mol. The first-order valence-electron chi connectivity index (χ1n) is 7.60. The molecule has 1 aromatic rings. The number of hydrogen-bond donors (Lipinski definition) is 1. The second-order valence-electron chi connectivity index (χ2n) is 5.52. The second kappa shape index (κ2) is 8.41. The summed E-state index contributed by atoms with van der Waals surface area (Å²) in [6.07, 6.45) is 0.480. The largest absolute Gasteiger partial charge is 0.493 e.